The van der Waals surface area contributed by atoms with E-state index >= 15 is 0 Å². The Morgan fingerprint density at radius 3 is 2.41 bits per heavy atom. The SMILES string of the molecule is CCOc1cc(CNNc2ccccc2)cc(I)c1OCC. The highest BCUT2D eigenvalue weighted by Crippen LogP contribution is 2.34. The van der Waals surface area contributed by atoms with Gasteiger partial charge in [0.05, 0.1) is 16.8 Å². The van der Waals surface area contributed by atoms with Crippen LogP contribution in [-0.4, -0.2) is 13.2 Å². The molecule has 0 saturated carbocycles. The molecule has 22 heavy (non-hydrogen) atoms. The van der Waals surface area contributed by atoms with Crippen LogP contribution in [0.15, 0.2) is 42.5 Å². The fourth-order valence-corrected chi connectivity index (χ4v) is 2.86. The molecule has 2 aromatic rings. The van der Waals surface area contributed by atoms with Gasteiger partial charge in [0.2, 0.25) is 0 Å². The van der Waals surface area contributed by atoms with Crippen LogP contribution in [0.5, 0.6) is 11.5 Å². The lowest BCUT2D eigenvalue weighted by Crippen LogP contribution is -2.21. The van der Waals surface area contributed by atoms with Crippen LogP contribution >= 0.6 is 22.6 Å². The molecule has 0 aliphatic carbocycles. The van der Waals surface area contributed by atoms with Crippen LogP contribution in [0.1, 0.15) is 19.4 Å². The molecule has 2 aromatic carbocycles. The topological polar surface area (TPSA) is 42.5 Å². The predicted molar refractivity (Wildman–Crippen MR) is 98.4 cm³/mol. The van der Waals surface area contributed by atoms with E-state index in [2.05, 4.69) is 39.5 Å². The minimum Gasteiger partial charge on any atom is -0.490 e. The summed E-state index contributed by atoms with van der Waals surface area (Å²) in [6.45, 7) is 5.89. The number of rotatable bonds is 8. The number of nitrogens with one attached hydrogen (secondary N) is 2. The molecule has 4 nitrogen and oxygen atoms in total. The molecule has 0 aliphatic heterocycles. The van der Waals surface area contributed by atoms with E-state index in [4.69, 9.17) is 9.47 Å². The standard InChI is InChI=1S/C17H21IN2O2/c1-3-21-16-11-13(10-15(18)17(16)22-4-2)12-19-20-14-8-6-5-7-9-14/h5-11,19-20H,3-4,12H2,1-2H3. The van der Waals surface area contributed by atoms with Crippen molar-refractivity contribution in [2.45, 2.75) is 20.4 Å². The number of para-hydroxylation sites is 1. The van der Waals surface area contributed by atoms with Crippen molar-refractivity contribution in [3.05, 3.63) is 51.6 Å². The van der Waals surface area contributed by atoms with Gasteiger partial charge < -0.3 is 14.9 Å². The number of hydrogen-bond acceptors (Lipinski definition) is 4. The van der Waals surface area contributed by atoms with Crippen molar-refractivity contribution >= 4 is 28.3 Å². The van der Waals surface area contributed by atoms with Crippen molar-refractivity contribution < 1.29 is 9.47 Å². The Morgan fingerprint density at radius 2 is 1.73 bits per heavy atom. The van der Waals surface area contributed by atoms with E-state index in [0.717, 1.165) is 26.3 Å². The molecule has 0 aliphatic rings. The van der Waals surface area contributed by atoms with Crippen molar-refractivity contribution in [3.8, 4) is 11.5 Å². The van der Waals surface area contributed by atoms with Gasteiger partial charge in [-0.15, -0.1) is 0 Å². The molecule has 0 unspecified atom stereocenters. The first-order valence-corrected chi connectivity index (χ1v) is 8.44. The van der Waals surface area contributed by atoms with Gasteiger partial charge in [-0.1, -0.05) is 18.2 Å². The zero-order valence-electron chi connectivity index (χ0n) is 12.9. The summed E-state index contributed by atoms with van der Waals surface area (Å²) in [4.78, 5) is 0. The highest BCUT2D eigenvalue weighted by atomic mass is 127. The second-order valence-electron chi connectivity index (χ2n) is 4.62. The van der Waals surface area contributed by atoms with Gasteiger partial charge in [0.1, 0.15) is 0 Å². The van der Waals surface area contributed by atoms with Crippen LogP contribution < -0.4 is 20.3 Å². The first kappa shape index (κ1) is 16.9. The van der Waals surface area contributed by atoms with Gasteiger partial charge in [-0.3, -0.25) is 0 Å². The molecule has 0 atom stereocenters. The third kappa shape index (κ3) is 4.78. The third-order valence-corrected chi connectivity index (χ3v) is 3.76. The van der Waals surface area contributed by atoms with Crippen molar-refractivity contribution in [1.82, 2.24) is 5.43 Å². The van der Waals surface area contributed by atoms with Gasteiger partial charge in [0.25, 0.3) is 0 Å². The van der Waals surface area contributed by atoms with Crippen LogP contribution in [0, 0.1) is 3.57 Å². The molecule has 5 heteroatoms. The van der Waals surface area contributed by atoms with Gasteiger partial charge in [0.15, 0.2) is 11.5 Å². The Hall–Kier alpha value is -1.47. The number of hydrazine groups is 1. The Balaban J connectivity index is 2.04. The maximum atomic E-state index is 5.70. The fraction of sp³-hybridized carbons (Fsp3) is 0.294. The first-order valence-electron chi connectivity index (χ1n) is 7.36. The largest absolute Gasteiger partial charge is 0.490 e. The Bertz CT molecular complexity index is 591. The zero-order chi connectivity index (χ0) is 15.8. The highest BCUT2D eigenvalue weighted by Gasteiger charge is 2.11. The van der Waals surface area contributed by atoms with Gasteiger partial charge in [-0.25, -0.2) is 5.43 Å². The summed E-state index contributed by atoms with van der Waals surface area (Å²) >= 11 is 2.28. The normalized spacial score (nSPS) is 10.3. The first-order chi connectivity index (χ1) is 10.7. The smallest absolute Gasteiger partial charge is 0.174 e. The van der Waals surface area contributed by atoms with Crippen molar-refractivity contribution in [2.24, 2.45) is 0 Å². The summed E-state index contributed by atoms with van der Waals surface area (Å²) < 4.78 is 12.4. The number of benzene rings is 2. The number of anilines is 1. The van der Waals surface area contributed by atoms with E-state index in [1.54, 1.807) is 0 Å². The predicted octanol–water partition coefficient (Wildman–Crippen LogP) is 4.21. The second-order valence-corrected chi connectivity index (χ2v) is 5.78. The Morgan fingerprint density at radius 1 is 1.00 bits per heavy atom. The minimum atomic E-state index is 0.620. The maximum Gasteiger partial charge on any atom is 0.174 e. The zero-order valence-corrected chi connectivity index (χ0v) is 15.0. The van der Waals surface area contributed by atoms with E-state index < -0.39 is 0 Å². The van der Waals surface area contributed by atoms with Gasteiger partial charge in [0, 0.05) is 12.2 Å². The molecule has 0 saturated heterocycles. The molecule has 2 N–H and O–H groups in total. The molecule has 118 valence electrons. The lowest BCUT2D eigenvalue weighted by Gasteiger charge is -2.15. The summed E-state index contributed by atoms with van der Waals surface area (Å²) in [5, 5.41) is 0. The Labute approximate surface area is 145 Å². The summed E-state index contributed by atoms with van der Waals surface area (Å²) in [5.74, 6) is 1.62. The van der Waals surface area contributed by atoms with Crippen molar-refractivity contribution in [3.63, 3.8) is 0 Å². The average molecular weight is 412 g/mol. The molecule has 0 fully saturated rings. The molecular formula is C17H21IN2O2. The Kier molecular flexibility index (Phi) is 6.79. The molecule has 0 radical (unpaired) electrons. The second kappa shape index (κ2) is 8.85. The number of ether oxygens (including phenoxy) is 2. The molecule has 0 heterocycles. The lowest BCUT2D eigenvalue weighted by molar-refractivity contribution is 0.285. The summed E-state index contributed by atoms with van der Waals surface area (Å²) in [7, 11) is 0. The van der Waals surface area contributed by atoms with E-state index in [-0.39, 0.29) is 0 Å². The van der Waals surface area contributed by atoms with E-state index in [1.165, 1.54) is 0 Å². The highest BCUT2D eigenvalue weighted by molar-refractivity contribution is 14.1. The minimum absolute atomic E-state index is 0.620. The van der Waals surface area contributed by atoms with Crippen LogP contribution in [0.2, 0.25) is 0 Å². The average Bonchev–Trinajstić information content (AvgIpc) is 2.52. The molecule has 0 spiro atoms. The molecule has 0 aromatic heterocycles. The quantitative estimate of drug-likeness (QED) is 0.504. The number of halogens is 1. The third-order valence-electron chi connectivity index (χ3n) is 2.96. The molecule has 0 amide bonds. The van der Waals surface area contributed by atoms with E-state index in [0.29, 0.717) is 19.8 Å². The van der Waals surface area contributed by atoms with E-state index in [9.17, 15) is 0 Å². The summed E-state index contributed by atoms with van der Waals surface area (Å²) in [6, 6.07) is 14.1. The molecular weight excluding hydrogens is 391 g/mol. The molecule has 2 rings (SSSR count). The fourth-order valence-electron chi connectivity index (χ4n) is 2.04. The lowest BCUT2D eigenvalue weighted by atomic mass is 10.2. The van der Waals surface area contributed by atoms with Crippen LogP contribution in [-0.2, 0) is 6.54 Å². The van der Waals surface area contributed by atoms with Crippen LogP contribution in [0.3, 0.4) is 0 Å². The number of hydrogen-bond donors (Lipinski definition) is 2. The van der Waals surface area contributed by atoms with Crippen molar-refractivity contribution in [2.75, 3.05) is 18.6 Å². The van der Waals surface area contributed by atoms with E-state index in [1.807, 2.05) is 50.2 Å². The van der Waals surface area contributed by atoms with Gasteiger partial charge in [-0.05, 0) is 66.3 Å². The summed E-state index contributed by atoms with van der Waals surface area (Å²) in [6.07, 6.45) is 0. The summed E-state index contributed by atoms with van der Waals surface area (Å²) in [5.41, 5.74) is 8.57. The van der Waals surface area contributed by atoms with Gasteiger partial charge >= 0.3 is 0 Å². The van der Waals surface area contributed by atoms with Crippen molar-refractivity contribution in [1.29, 1.82) is 0 Å². The van der Waals surface area contributed by atoms with Gasteiger partial charge in [-0.2, -0.15) is 0 Å². The monoisotopic (exact) mass is 412 g/mol. The van der Waals surface area contributed by atoms with Crippen LogP contribution in [0.4, 0.5) is 5.69 Å². The maximum absolute atomic E-state index is 5.70. The van der Waals surface area contributed by atoms with Crippen LogP contribution in [0.25, 0.3) is 0 Å². The molecule has 0 bridgehead atoms.